The molecule has 5 heteroatoms. The quantitative estimate of drug-likeness (QED) is 0.782. The molecule has 0 radical (unpaired) electrons. The molecule has 0 aliphatic heterocycles. The van der Waals surface area contributed by atoms with Gasteiger partial charge in [-0.2, -0.15) is 0 Å². The van der Waals surface area contributed by atoms with Crippen molar-refractivity contribution in [2.45, 2.75) is 44.8 Å². The number of carbonyl (C=O) groups is 1. The van der Waals surface area contributed by atoms with Crippen molar-refractivity contribution in [2.75, 3.05) is 6.54 Å². The Bertz CT molecular complexity index is 444. The highest BCUT2D eigenvalue weighted by molar-refractivity contribution is 6.30. The Balaban J connectivity index is 1.66. The zero-order valence-corrected chi connectivity index (χ0v) is 12.9. The second-order valence-electron chi connectivity index (χ2n) is 5.66. The van der Waals surface area contributed by atoms with Gasteiger partial charge in [0.1, 0.15) is 0 Å². The Labute approximate surface area is 130 Å². The lowest BCUT2D eigenvalue weighted by molar-refractivity contribution is 0.0858. The lowest BCUT2D eigenvalue weighted by atomic mass is 9.85. The van der Waals surface area contributed by atoms with Crippen molar-refractivity contribution in [3.05, 3.63) is 34.9 Å². The summed E-state index contributed by atoms with van der Waals surface area (Å²) in [5.74, 6) is 0.329. The summed E-state index contributed by atoms with van der Waals surface area (Å²) in [4.78, 5) is 11.7. The number of nitrogens with one attached hydrogen (secondary N) is 2. The lowest BCUT2D eigenvalue weighted by Gasteiger charge is -2.26. The third-order valence-corrected chi connectivity index (χ3v) is 4.28. The van der Waals surface area contributed by atoms with Crippen LogP contribution in [-0.4, -0.2) is 23.8 Å². The largest absolute Gasteiger partial charge is 0.391 e. The maximum absolute atomic E-state index is 11.7. The first-order valence-corrected chi connectivity index (χ1v) is 7.97. The summed E-state index contributed by atoms with van der Waals surface area (Å²) in [7, 11) is 0. The third-order valence-electron chi connectivity index (χ3n) is 4.03. The van der Waals surface area contributed by atoms with E-state index in [2.05, 4.69) is 10.6 Å². The number of urea groups is 1. The van der Waals surface area contributed by atoms with Gasteiger partial charge in [0.25, 0.3) is 0 Å². The van der Waals surface area contributed by atoms with Gasteiger partial charge >= 0.3 is 6.03 Å². The Hall–Kier alpha value is -1.26. The molecule has 1 atom stereocenters. The van der Waals surface area contributed by atoms with Gasteiger partial charge in [0.15, 0.2) is 0 Å². The Morgan fingerprint density at radius 2 is 1.86 bits per heavy atom. The van der Waals surface area contributed by atoms with E-state index in [1.165, 1.54) is 19.3 Å². The van der Waals surface area contributed by atoms with E-state index in [4.69, 9.17) is 11.6 Å². The van der Waals surface area contributed by atoms with Crippen LogP contribution < -0.4 is 10.6 Å². The van der Waals surface area contributed by atoms with E-state index in [9.17, 15) is 9.90 Å². The molecule has 0 spiro atoms. The van der Waals surface area contributed by atoms with Gasteiger partial charge in [0.2, 0.25) is 0 Å². The highest BCUT2D eigenvalue weighted by atomic mass is 35.5. The van der Waals surface area contributed by atoms with E-state index in [0.29, 0.717) is 24.0 Å². The Kier molecular flexibility index (Phi) is 6.33. The summed E-state index contributed by atoms with van der Waals surface area (Å²) in [5, 5.41) is 16.3. The molecule has 4 nitrogen and oxygen atoms in total. The topological polar surface area (TPSA) is 61.4 Å². The summed E-state index contributed by atoms with van der Waals surface area (Å²) < 4.78 is 0. The van der Waals surface area contributed by atoms with Crippen LogP contribution in [0.25, 0.3) is 0 Å². The summed E-state index contributed by atoms with van der Waals surface area (Å²) >= 11 is 5.81. The molecule has 21 heavy (non-hydrogen) atoms. The van der Waals surface area contributed by atoms with E-state index in [-0.39, 0.29) is 6.03 Å². The van der Waals surface area contributed by atoms with E-state index < -0.39 is 6.10 Å². The van der Waals surface area contributed by atoms with Crippen molar-refractivity contribution in [1.29, 1.82) is 0 Å². The van der Waals surface area contributed by atoms with Crippen LogP contribution in [0.2, 0.25) is 5.02 Å². The predicted octanol–water partition coefficient (Wildman–Crippen LogP) is 3.08. The van der Waals surface area contributed by atoms with Crippen molar-refractivity contribution in [1.82, 2.24) is 10.6 Å². The zero-order valence-electron chi connectivity index (χ0n) is 12.1. The van der Waals surface area contributed by atoms with Crippen LogP contribution in [0.5, 0.6) is 0 Å². The summed E-state index contributed by atoms with van der Waals surface area (Å²) in [5.41, 5.74) is 0.988. The van der Waals surface area contributed by atoms with Crippen molar-refractivity contribution >= 4 is 17.6 Å². The fraction of sp³-hybridized carbons (Fsp3) is 0.562. The van der Waals surface area contributed by atoms with Gasteiger partial charge in [-0.25, -0.2) is 4.79 Å². The third kappa shape index (κ3) is 5.56. The fourth-order valence-corrected chi connectivity index (χ4v) is 2.86. The van der Waals surface area contributed by atoms with Crippen LogP contribution in [0.4, 0.5) is 4.79 Å². The molecule has 116 valence electrons. The smallest absolute Gasteiger partial charge is 0.315 e. The molecule has 1 saturated carbocycles. The SMILES string of the molecule is O=C(NCc1ccc(Cl)cc1)NC[C@H](O)C1CCCCC1. The molecule has 1 aliphatic carbocycles. The molecular formula is C16H23ClN2O2. The summed E-state index contributed by atoms with van der Waals surface area (Å²) in [6.07, 6.45) is 5.32. The molecule has 0 aromatic heterocycles. The Morgan fingerprint density at radius 1 is 1.19 bits per heavy atom. The first kappa shape index (κ1) is 16.1. The molecule has 1 aliphatic rings. The lowest BCUT2D eigenvalue weighted by Crippen LogP contribution is -2.41. The van der Waals surface area contributed by atoms with Gasteiger partial charge in [-0.05, 0) is 36.5 Å². The maximum Gasteiger partial charge on any atom is 0.315 e. The van der Waals surface area contributed by atoms with Crippen molar-refractivity contribution in [2.24, 2.45) is 5.92 Å². The van der Waals surface area contributed by atoms with E-state index >= 15 is 0 Å². The molecule has 3 N–H and O–H groups in total. The zero-order chi connectivity index (χ0) is 15.1. The van der Waals surface area contributed by atoms with Gasteiger partial charge in [-0.3, -0.25) is 0 Å². The van der Waals surface area contributed by atoms with Crippen molar-refractivity contribution in [3.8, 4) is 0 Å². The molecular weight excluding hydrogens is 288 g/mol. The first-order chi connectivity index (χ1) is 10.1. The minimum absolute atomic E-state index is 0.250. The highest BCUT2D eigenvalue weighted by Crippen LogP contribution is 2.26. The standard InChI is InChI=1S/C16H23ClN2O2/c17-14-8-6-12(7-9-14)10-18-16(21)19-11-15(20)13-4-2-1-3-5-13/h6-9,13,15,20H,1-5,10-11H2,(H2,18,19,21)/t15-/m0/s1. The van der Waals surface area contributed by atoms with E-state index in [1.54, 1.807) is 12.1 Å². The number of benzene rings is 1. The number of hydrogen-bond acceptors (Lipinski definition) is 2. The number of aliphatic hydroxyl groups is 1. The minimum atomic E-state index is -0.438. The average Bonchev–Trinajstić information content (AvgIpc) is 2.53. The first-order valence-electron chi connectivity index (χ1n) is 7.59. The monoisotopic (exact) mass is 310 g/mol. The van der Waals surface area contributed by atoms with E-state index in [0.717, 1.165) is 18.4 Å². The normalized spacial score (nSPS) is 17.2. The maximum atomic E-state index is 11.7. The Morgan fingerprint density at radius 3 is 2.52 bits per heavy atom. The van der Waals surface area contributed by atoms with Gasteiger partial charge in [-0.1, -0.05) is 43.0 Å². The molecule has 2 amide bonds. The van der Waals surface area contributed by atoms with Crippen LogP contribution in [0.3, 0.4) is 0 Å². The molecule has 0 saturated heterocycles. The molecule has 1 fully saturated rings. The second kappa shape index (κ2) is 8.25. The molecule has 1 aromatic rings. The van der Waals surface area contributed by atoms with Crippen LogP contribution in [-0.2, 0) is 6.54 Å². The summed E-state index contributed by atoms with van der Waals surface area (Å²) in [6.45, 7) is 0.764. The number of amides is 2. The van der Waals surface area contributed by atoms with E-state index in [1.807, 2.05) is 12.1 Å². The highest BCUT2D eigenvalue weighted by Gasteiger charge is 2.21. The molecule has 0 heterocycles. The number of rotatable bonds is 5. The molecule has 0 bridgehead atoms. The van der Waals surface area contributed by atoms with Crippen molar-refractivity contribution in [3.63, 3.8) is 0 Å². The van der Waals surface area contributed by atoms with Gasteiger partial charge < -0.3 is 15.7 Å². The van der Waals surface area contributed by atoms with Gasteiger partial charge in [0, 0.05) is 18.1 Å². The van der Waals surface area contributed by atoms with Crippen LogP contribution in [0, 0.1) is 5.92 Å². The number of aliphatic hydroxyl groups excluding tert-OH is 1. The summed E-state index contributed by atoms with van der Waals surface area (Å²) in [6, 6.07) is 7.09. The van der Waals surface area contributed by atoms with Gasteiger partial charge in [-0.15, -0.1) is 0 Å². The second-order valence-corrected chi connectivity index (χ2v) is 6.09. The van der Waals surface area contributed by atoms with Crippen LogP contribution in [0.1, 0.15) is 37.7 Å². The van der Waals surface area contributed by atoms with Crippen molar-refractivity contribution < 1.29 is 9.90 Å². The number of carbonyl (C=O) groups excluding carboxylic acids is 1. The molecule has 2 rings (SSSR count). The van der Waals surface area contributed by atoms with Crippen LogP contribution in [0.15, 0.2) is 24.3 Å². The number of hydrogen-bond donors (Lipinski definition) is 3. The van der Waals surface area contributed by atoms with Gasteiger partial charge in [0.05, 0.1) is 6.10 Å². The average molecular weight is 311 g/mol. The minimum Gasteiger partial charge on any atom is -0.391 e. The predicted molar refractivity (Wildman–Crippen MR) is 84.3 cm³/mol. The fourth-order valence-electron chi connectivity index (χ4n) is 2.73. The van der Waals surface area contributed by atoms with Crippen LogP contribution >= 0.6 is 11.6 Å². The number of halogens is 1. The molecule has 0 unspecified atom stereocenters. The molecule has 1 aromatic carbocycles.